The lowest BCUT2D eigenvalue weighted by molar-refractivity contribution is -0.122. The Hall–Kier alpha value is -2.73. The maximum absolute atomic E-state index is 12.3. The van der Waals surface area contributed by atoms with Crippen molar-refractivity contribution in [2.45, 2.75) is 31.1 Å². The predicted molar refractivity (Wildman–Crippen MR) is 107 cm³/mol. The number of hydrogen-bond donors (Lipinski definition) is 2. The zero-order valence-corrected chi connectivity index (χ0v) is 15.6. The SMILES string of the molecule is O=C(Nc1n[nH]c2c1C=CC(c1ccccc1)(c1cscn1)C2)C1CCC1. The molecule has 2 aliphatic carbocycles. The number of fused-ring (bicyclic) bond motifs is 1. The van der Waals surface area contributed by atoms with Gasteiger partial charge < -0.3 is 5.32 Å². The van der Waals surface area contributed by atoms with Crippen LogP contribution in [0.2, 0.25) is 0 Å². The van der Waals surface area contributed by atoms with E-state index in [4.69, 9.17) is 0 Å². The zero-order valence-electron chi connectivity index (χ0n) is 14.8. The van der Waals surface area contributed by atoms with E-state index in [1.807, 2.05) is 11.6 Å². The van der Waals surface area contributed by atoms with E-state index in [0.717, 1.165) is 42.6 Å². The highest BCUT2D eigenvalue weighted by atomic mass is 32.1. The summed E-state index contributed by atoms with van der Waals surface area (Å²) in [6.07, 6.45) is 8.12. The molecule has 1 aromatic carbocycles. The minimum atomic E-state index is -0.323. The number of nitrogens with one attached hydrogen (secondary N) is 2. The summed E-state index contributed by atoms with van der Waals surface area (Å²) >= 11 is 1.61. The van der Waals surface area contributed by atoms with Crippen LogP contribution in [0.1, 0.15) is 41.8 Å². The van der Waals surface area contributed by atoms with Gasteiger partial charge in [-0.2, -0.15) is 5.10 Å². The van der Waals surface area contributed by atoms with Gasteiger partial charge in [-0.05, 0) is 18.4 Å². The molecule has 1 unspecified atom stereocenters. The van der Waals surface area contributed by atoms with Crippen molar-refractivity contribution in [1.82, 2.24) is 15.2 Å². The Morgan fingerprint density at radius 1 is 1.26 bits per heavy atom. The van der Waals surface area contributed by atoms with E-state index in [0.29, 0.717) is 5.82 Å². The number of aromatic nitrogens is 3. The van der Waals surface area contributed by atoms with Crippen LogP contribution >= 0.6 is 11.3 Å². The molecule has 1 saturated carbocycles. The van der Waals surface area contributed by atoms with Crippen molar-refractivity contribution >= 4 is 29.1 Å². The first kappa shape index (κ1) is 16.4. The first-order chi connectivity index (χ1) is 13.3. The first-order valence-electron chi connectivity index (χ1n) is 9.28. The first-order valence-corrected chi connectivity index (χ1v) is 10.2. The van der Waals surface area contributed by atoms with E-state index in [9.17, 15) is 4.79 Å². The third-order valence-corrected chi connectivity index (χ3v) is 6.36. The second-order valence-electron chi connectivity index (χ2n) is 7.30. The summed E-state index contributed by atoms with van der Waals surface area (Å²) in [4.78, 5) is 16.9. The Morgan fingerprint density at radius 2 is 2.11 bits per heavy atom. The summed E-state index contributed by atoms with van der Waals surface area (Å²) < 4.78 is 0. The Balaban J connectivity index is 1.51. The molecule has 136 valence electrons. The number of aromatic amines is 1. The summed E-state index contributed by atoms with van der Waals surface area (Å²) in [5, 5.41) is 12.7. The van der Waals surface area contributed by atoms with Crippen molar-refractivity contribution in [2.24, 2.45) is 5.92 Å². The molecule has 0 bridgehead atoms. The minimum Gasteiger partial charge on any atom is -0.308 e. The van der Waals surface area contributed by atoms with Gasteiger partial charge >= 0.3 is 0 Å². The van der Waals surface area contributed by atoms with E-state index in [-0.39, 0.29) is 17.2 Å². The van der Waals surface area contributed by atoms with Crippen LogP contribution in [0.15, 0.2) is 47.3 Å². The maximum atomic E-state index is 12.3. The lowest BCUT2D eigenvalue weighted by Crippen LogP contribution is -2.31. The topological polar surface area (TPSA) is 70.7 Å². The second-order valence-corrected chi connectivity index (χ2v) is 8.02. The fourth-order valence-electron chi connectivity index (χ4n) is 3.94. The van der Waals surface area contributed by atoms with Crippen LogP contribution in [-0.2, 0) is 16.6 Å². The van der Waals surface area contributed by atoms with Crippen LogP contribution in [-0.4, -0.2) is 21.1 Å². The monoisotopic (exact) mass is 376 g/mol. The van der Waals surface area contributed by atoms with Crippen LogP contribution in [0.25, 0.3) is 6.08 Å². The zero-order chi connectivity index (χ0) is 18.3. The lowest BCUT2D eigenvalue weighted by atomic mass is 9.71. The Labute approximate surface area is 161 Å². The molecule has 6 heteroatoms. The summed E-state index contributed by atoms with van der Waals surface area (Å²) in [6.45, 7) is 0. The molecule has 0 radical (unpaired) electrons. The predicted octanol–water partition coefficient (Wildman–Crippen LogP) is 4.16. The van der Waals surface area contributed by atoms with Gasteiger partial charge in [0.15, 0.2) is 5.82 Å². The van der Waals surface area contributed by atoms with Crippen LogP contribution in [0.4, 0.5) is 5.82 Å². The minimum absolute atomic E-state index is 0.0864. The number of thiazole rings is 1. The third kappa shape index (κ3) is 2.72. The summed E-state index contributed by atoms with van der Waals surface area (Å²) in [7, 11) is 0. The van der Waals surface area contributed by atoms with Gasteiger partial charge in [0.2, 0.25) is 5.91 Å². The number of anilines is 1. The number of hydrogen-bond acceptors (Lipinski definition) is 4. The number of allylic oxidation sites excluding steroid dienone is 1. The molecule has 3 aromatic rings. The number of amides is 1. The quantitative estimate of drug-likeness (QED) is 0.718. The van der Waals surface area contributed by atoms with Gasteiger partial charge in [0, 0.05) is 29.0 Å². The van der Waals surface area contributed by atoms with Gasteiger partial charge in [0.1, 0.15) is 0 Å². The number of H-pyrrole nitrogens is 1. The van der Waals surface area contributed by atoms with Crippen LogP contribution < -0.4 is 5.32 Å². The van der Waals surface area contributed by atoms with Crippen LogP contribution in [0, 0.1) is 5.92 Å². The third-order valence-electron chi connectivity index (χ3n) is 5.77. The van der Waals surface area contributed by atoms with Crippen molar-refractivity contribution in [1.29, 1.82) is 0 Å². The second kappa shape index (κ2) is 6.46. The molecule has 0 aliphatic heterocycles. The average Bonchev–Trinajstić information content (AvgIpc) is 3.31. The number of carbonyl (C=O) groups is 1. The van der Waals surface area contributed by atoms with Crippen LogP contribution in [0.5, 0.6) is 0 Å². The summed E-state index contributed by atoms with van der Waals surface area (Å²) in [5.41, 5.74) is 5.79. The Bertz CT molecular complexity index is 989. The standard InChI is InChI=1S/C21H20N4OS/c26-20(14-5-4-6-14)23-19-16-9-10-21(11-17(16)24-25-19,18-12-27-13-22-18)15-7-2-1-3-8-15/h1-3,7-10,12-14H,4-6,11H2,(H2,23,24,25,26). The molecule has 2 N–H and O–H groups in total. The lowest BCUT2D eigenvalue weighted by Gasteiger charge is -2.32. The van der Waals surface area contributed by atoms with Gasteiger partial charge in [-0.1, -0.05) is 48.9 Å². The fourth-order valence-corrected chi connectivity index (χ4v) is 4.57. The maximum Gasteiger partial charge on any atom is 0.228 e. The highest BCUT2D eigenvalue weighted by Crippen LogP contribution is 2.42. The van der Waals surface area contributed by atoms with E-state index in [1.165, 1.54) is 5.56 Å². The van der Waals surface area contributed by atoms with Gasteiger partial charge in [-0.3, -0.25) is 9.89 Å². The molecule has 2 aliphatic rings. The van der Waals surface area contributed by atoms with Gasteiger partial charge in [0.05, 0.1) is 16.6 Å². The summed E-state index contributed by atoms with van der Waals surface area (Å²) in [5.74, 6) is 0.866. The number of carbonyl (C=O) groups excluding carboxylic acids is 1. The smallest absolute Gasteiger partial charge is 0.228 e. The van der Waals surface area contributed by atoms with Crippen molar-refractivity contribution in [3.8, 4) is 0 Å². The highest BCUT2D eigenvalue weighted by molar-refractivity contribution is 7.07. The average molecular weight is 376 g/mol. The Morgan fingerprint density at radius 3 is 2.81 bits per heavy atom. The van der Waals surface area contributed by atoms with Crippen molar-refractivity contribution < 1.29 is 4.79 Å². The van der Waals surface area contributed by atoms with Gasteiger partial charge in [0.25, 0.3) is 0 Å². The van der Waals surface area contributed by atoms with E-state index < -0.39 is 0 Å². The van der Waals surface area contributed by atoms with E-state index in [1.54, 1.807) is 11.3 Å². The van der Waals surface area contributed by atoms with E-state index >= 15 is 0 Å². The molecule has 2 heterocycles. The molecule has 0 saturated heterocycles. The number of nitrogens with zero attached hydrogens (tertiary/aromatic N) is 2. The molecular formula is C21H20N4OS. The fraction of sp³-hybridized carbons (Fsp3) is 0.286. The van der Waals surface area contributed by atoms with Gasteiger partial charge in [-0.25, -0.2) is 4.98 Å². The van der Waals surface area contributed by atoms with Gasteiger partial charge in [-0.15, -0.1) is 11.3 Å². The number of rotatable bonds is 4. The molecule has 2 aromatic heterocycles. The van der Waals surface area contributed by atoms with Crippen LogP contribution in [0.3, 0.4) is 0 Å². The molecule has 1 fully saturated rings. The molecule has 0 spiro atoms. The normalized spacial score (nSPS) is 21.5. The molecular weight excluding hydrogens is 356 g/mol. The molecule has 27 heavy (non-hydrogen) atoms. The molecule has 1 atom stereocenters. The summed E-state index contributed by atoms with van der Waals surface area (Å²) in [6, 6.07) is 10.4. The molecule has 5 nitrogen and oxygen atoms in total. The van der Waals surface area contributed by atoms with Crippen molar-refractivity contribution in [3.05, 3.63) is 69.8 Å². The highest BCUT2D eigenvalue weighted by Gasteiger charge is 2.38. The van der Waals surface area contributed by atoms with Crippen molar-refractivity contribution in [3.63, 3.8) is 0 Å². The Kier molecular flexibility index (Phi) is 3.93. The number of benzene rings is 1. The molecule has 1 amide bonds. The molecule has 5 rings (SSSR count). The van der Waals surface area contributed by atoms with E-state index in [2.05, 4.69) is 62.3 Å². The van der Waals surface area contributed by atoms with Crippen molar-refractivity contribution in [2.75, 3.05) is 5.32 Å². The largest absolute Gasteiger partial charge is 0.308 e.